The van der Waals surface area contributed by atoms with Crippen LogP contribution in [0.3, 0.4) is 0 Å². The molecule has 3 atom stereocenters. The molecule has 0 aromatic heterocycles. The highest BCUT2D eigenvalue weighted by Crippen LogP contribution is 2.40. The number of hydrogen-bond donors (Lipinski definition) is 1. The van der Waals surface area contributed by atoms with Crippen molar-refractivity contribution in [3.63, 3.8) is 0 Å². The first-order valence-electron chi connectivity index (χ1n) is 8.34. The number of unbranched alkanes of at least 4 members (excludes halogenated alkanes) is 1. The summed E-state index contributed by atoms with van der Waals surface area (Å²) in [7, 11) is 0. The molecule has 0 spiro atoms. The maximum Gasteiger partial charge on any atom is 0.286 e. The summed E-state index contributed by atoms with van der Waals surface area (Å²) in [5.74, 6) is 1.26. The molecule has 1 aliphatic carbocycles. The smallest absolute Gasteiger partial charge is 0.286 e. The van der Waals surface area contributed by atoms with Crippen LogP contribution in [-0.4, -0.2) is 42.6 Å². The van der Waals surface area contributed by atoms with E-state index in [2.05, 4.69) is 13.8 Å². The third-order valence-corrected chi connectivity index (χ3v) is 5.45. The van der Waals surface area contributed by atoms with Gasteiger partial charge >= 0.3 is 0 Å². The molecule has 2 N–H and O–H groups in total. The van der Waals surface area contributed by atoms with Gasteiger partial charge in [0.25, 0.3) is 6.43 Å². The van der Waals surface area contributed by atoms with Crippen LogP contribution in [0.2, 0.25) is 0 Å². The Morgan fingerprint density at radius 1 is 1.20 bits per heavy atom. The summed E-state index contributed by atoms with van der Waals surface area (Å²) in [5.41, 5.74) is 6.24. The minimum atomic E-state index is -2.21. The molecule has 3 unspecified atom stereocenters. The summed E-state index contributed by atoms with van der Waals surface area (Å²) in [6.07, 6.45) is 4.60. The Kier molecular flexibility index (Phi) is 5.41. The summed E-state index contributed by atoms with van der Waals surface area (Å²) < 4.78 is 26.9. The van der Waals surface area contributed by atoms with E-state index < -0.39 is 6.43 Å². The van der Waals surface area contributed by atoms with E-state index in [0.717, 1.165) is 38.8 Å². The van der Waals surface area contributed by atoms with Gasteiger partial charge in [-0.1, -0.05) is 26.7 Å². The van der Waals surface area contributed by atoms with Crippen LogP contribution >= 0.6 is 0 Å². The van der Waals surface area contributed by atoms with E-state index in [0.29, 0.717) is 22.4 Å². The third kappa shape index (κ3) is 3.70. The maximum absolute atomic E-state index is 13.1. The molecule has 20 heavy (non-hydrogen) atoms. The Labute approximate surface area is 122 Å². The largest absolute Gasteiger partial charge is 0.323 e. The summed E-state index contributed by atoms with van der Waals surface area (Å²) in [6, 6.07) is 0.551. The minimum Gasteiger partial charge on any atom is -0.323 e. The van der Waals surface area contributed by atoms with Crippen LogP contribution in [0.5, 0.6) is 0 Å². The highest BCUT2D eigenvalue weighted by molar-refractivity contribution is 4.84. The number of nitrogens with zero attached hydrogens (tertiary/aromatic N) is 1. The van der Waals surface area contributed by atoms with Gasteiger partial charge in [-0.3, -0.25) is 0 Å². The summed E-state index contributed by atoms with van der Waals surface area (Å²) in [4.78, 5) is 0. The molecular weight excluding hydrogens is 258 g/mol. The van der Waals surface area contributed by atoms with Crippen LogP contribution in [0, 0.1) is 11.8 Å². The number of nitrogens with two attached hydrogens (primary N) is 1. The average molecular weight is 289 g/mol. The number of hydrogen-bond acceptors (Lipinski definition) is 1. The first-order chi connectivity index (χ1) is 9.45. The van der Waals surface area contributed by atoms with Crippen molar-refractivity contribution in [2.75, 3.05) is 19.6 Å². The quantitative estimate of drug-likeness (QED) is 0.745. The fourth-order valence-electron chi connectivity index (χ4n) is 4.51. The Morgan fingerprint density at radius 3 is 2.45 bits per heavy atom. The van der Waals surface area contributed by atoms with Crippen LogP contribution < -0.4 is 5.73 Å². The van der Waals surface area contributed by atoms with E-state index in [1.54, 1.807) is 0 Å². The molecule has 0 radical (unpaired) electrons. The number of likely N-dealkylation sites (tertiary alicyclic amines) is 1. The van der Waals surface area contributed by atoms with Crippen LogP contribution in [-0.2, 0) is 0 Å². The van der Waals surface area contributed by atoms with Crippen molar-refractivity contribution in [1.82, 2.24) is 0 Å². The molecule has 0 amide bonds. The van der Waals surface area contributed by atoms with E-state index in [4.69, 9.17) is 5.73 Å². The zero-order valence-electron chi connectivity index (χ0n) is 13.0. The second kappa shape index (κ2) is 6.69. The Bertz CT molecular complexity index is 301. The van der Waals surface area contributed by atoms with E-state index in [1.807, 2.05) is 0 Å². The molecule has 1 heterocycles. The van der Waals surface area contributed by atoms with Gasteiger partial charge in [-0.15, -0.1) is 0 Å². The number of alkyl halides is 2. The summed E-state index contributed by atoms with van der Waals surface area (Å²) >= 11 is 0. The molecule has 0 bridgehead atoms. The van der Waals surface area contributed by atoms with Gasteiger partial charge < -0.3 is 10.2 Å². The molecule has 2 rings (SSSR count). The van der Waals surface area contributed by atoms with Gasteiger partial charge in [0, 0.05) is 18.8 Å². The molecule has 118 valence electrons. The minimum absolute atomic E-state index is 0.0215. The highest BCUT2D eigenvalue weighted by atomic mass is 19.3. The summed E-state index contributed by atoms with van der Waals surface area (Å²) in [5, 5.41) is 0. The Hall–Kier alpha value is -0.220. The molecule has 4 heteroatoms. The van der Waals surface area contributed by atoms with Crippen LogP contribution in [0.1, 0.15) is 52.4 Å². The molecule has 1 saturated heterocycles. The van der Waals surface area contributed by atoms with Crippen molar-refractivity contribution in [3.05, 3.63) is 0 Å². The zero-order valence-corrected chi connectivity index (χ0v) is 13.0. The van der Waals surface area contributed by atoms with Crippen LogP contribution in [0.4, 0.5) is 8.78 Å². The van der Waals surface area contributed by atoms with Crippen molar-refractivity contribution in [3.8, 4) is 0 Å². The van der Waals surface area contributed by atoms with Crippen molar-refractivity contribution < 1.29 is 13.3 Å². The van der Waals surface area contributed by atoms with Gasteiger partial charge in [0.05, 0.1) is 25.2 Å². The normalized spacial score (nSPS) is 41.7. The lowest BCUT2D eigenvalue weighted by Gasteiger charge is -2.55. The lowest BCUT2D eigenvalue weighted by atomic mass is 9.76. The fraction of sp³-hybridized carbons (Fsp3) is 1.00. The Balaban J connectivity index is 2.07. The molecule has 2 nitrogen and oxygen atoms in total. The molecule has 0 aromatic rings. The van der Waals surface area contributed by atoms with E-state index in [-0.39, 0.29) is 12.6 Å². The van der Waals surface area contributed by atoms with Gasteiger partial charge in [-0.2, -0.15) is 0 Å². The van der Waals surface area contributed by atoms with Gasteiger partial charge in [-0.05, 0) is 18.8 Å². The van der Waals surface area contributed by atoms with Crippen molar-refractivity contribution in [2.24, 2.45) is 17.6 Å². The molecule has 1 aliphatic heterocycles. The van der Waals surface area contributed by atoms with E-state index in [1.165, 1.54) is 12.8 Å². The van der Waals surface area contributed by atoms with Crippen molar-refractivity contribution >= 4 is 0 Å². The molecule has 1 saturated carbocycles. The zero-order chi connectivity index (χ0) is 14.8. The Morgan fingerprint density at radius 2 is 1.90 bits per heavy atom. The first kappa shape index (κ1) is 16.2. The second-order valence-corrected chi connectivity index (χ2v) is 7.39. The monoisotopic (exact) mass is 289 g/mol. The topological polar surface area (TPSA) is 26.0 Å². The highest BCUT2D eigenvalue weighted by Gasteiger charge is 2.49. The first-order valence-corrected chi connectivity index (χ1v) is 8.34. The average Bonchev–Trinajstić information content (AvgIpc) is 2.30. The molecule has 2 aliphatic rings. The molecule has 2 fully saturated rings. The van der Waals surface area contributed by atoms with Crippen LogP contribution in [0.25, 0.3) is 0 Å². The van der Waals surface area contributed by atoms with Gasteiger partial charge in [0.1, 0.15) is 6.54 Å². The van der Waals surface area contributed by atoms with Gasteiger partial charge in [-0.25, -0.2) is 8.78 Å². The maximum atomic E-state index is 13.1. The predicted octanol–water partition coefficient (Wildman–Crippen LogP) is 3.40. The third-order valence-electron chi connectivity index (χ3n) is 5.45. The summed E-state index contributed by atoms with van der Waals surface area (Å²) in [6.45, 7) is 6.15. The second-order valence-electron chi connectivity index (χ2n) is 7.39. The van der Waals surface area contributed by atoms with Crippen LogP contribution in [0.15, 0.2) is 0 Å². The standard InChI is InChI=1S/C16H31F2N2/c1-3-4-5-13-8-14(19)10-20(9-13,11-16(17)18)15-6-12(2)7-15/h12-16H,3-11,19H2,1-2H3/q+1. The van der Waals surface area contributed by atoms with E-state index >= 15 is 0 Å². The van der Waals surface area contributed by atoms with E-state index in [9.17, 15) is 8.78 Å². The van der Waals surface area contributed by atoms with Crippen molar-refractivity contribution in [1.29, 1.82) is 0 Å². The lowest BCUT2D eigenvalue weighted by Crippen LogP contribution is -2.68. The number of piperidine rings is 1. The molecular formula is C16H31F2N2+. The lowest BCUT2D eigenvalue weighted by molar-refractivity contribution is -0.968. The fourth-order valence-corrected chi connectivity index (χ4v) is 4.51. The van der Waals surface area contributed by atoms with Gasteiger partial charge in [0.2, 0.25) is 0 Å². The number of halogens is 2. The van der Waals surface area contributed by atoms with Crippen molar-refractivity contribution in [2.45, 2.75) is 70.9 Å². The number of quaternary nitrogens is 1. The molecule has 0 aromatic carbocycles. The number of rotatable bonds is 6. The van der Waals surface area contributed by atoms with Gasteiger partial charge in [0.15, 0.2) is 0 Å². The predicted molar refractivity (Wildman–Crippen MR) is 78.7 cm³/mol. The SMILES string of the molecule is CCCCC1CC(N)C[N+](CC(F)F)(C2CC(C)C2)C1.